The van der Waals surface area contributed by atoms with Crippen LogP contribution in [-0.2, 0) is 20.2 Å². The highest BCUT2D eigenvalue weighted by Gasteiger charge is 2.11. The Labute approximate surface area is 205 Å². The Bertz CT molecular complexity index is 537. The van der Waals surface area contributed by atoms with Gasteiger partial charge in [0.15, 0.2) is 0 Å². The van der Waals surface area contributed by atoms with Crippen molar-refractivity contribution >= 4 is 69.9 Å². The molecule has 0 amide bonds. The second kappa shape index (κ2) is 20.4. The molecule has 16 heteroatoms. The molecule has 0 radical (unpaired) electrons. The quantitative estimate of drug-likeness (QED) is 0.300. The molecule has 30 heavy (non-hydrogen) atoms. The average Bonchev–Trinajstić information content (AvgIpc) is 2.48. The molecule has 10 nitrogen and oxygen atoms in total. The van der Waals surface area contributed by atoms with Crippen LogP contribution >= 0.6 is 49.6 Å². The molecule has 0 aromatic heterocycles. The monoisotopic (exact) mass is 560 g/mol. The van der Waals surface area contributed by atoms with Crippen molar-refractivity contribution in [1.82, 2.24) is 20.4 Å². The molecule has 1 aliphatic heterocycles. The van der Waals surface area contributed by atoms with Crippen LogP contribution in [0.1, 0.15) is 12.8 Å². The average molecular weight is 562 g/mol. The maximum atomic E-state index is 10.8. The Morgan fingerprint density at radius 2 is 0.867 bits per heavy atom. The summed E-state index contributed by atoms with van der Waals surface area (Å²) in [7, 11) is -7.81. The molecule has 1 rings (SSSR count). The third kappa shape index (κ3) is 23.5. The van der Waals surface area contributed by atoms with Crippen molar-refractivity contribution in [2.24, 2.45) is 0 Å². The lowest BCUT2D eigenvalue weighted by Crippen LogP contribution is -2.44. The van der Waals surface area contributed by atoms with Crippen LogP contribution < -0.4 is 10.6 Å². The van der Waals surface area contributed by atoms with Gasteiger partial charge in [-0.25, -0.2) is 0 Å². The van der Waals surface area contributed by atoms with Gasteiger partial charge in [0.1, 0.15) is 0 Å². The van der Waals surface area contributed by atoms with Gasteiger partial charge < -0.3 is 20.4 Å². The first-order valence-corrected chi connectivity index (χ1v) is 12.1. The van der Waals surface area contributed by atoms with E-state index >= 15 is 0 Å². The molecule has 0 aromatic carbocycles. The van der Waals surface area contributed by atoms with Gasteiger partial charge in [-0.15, -0.1) is 49.6 Å². The molecule has 1 aliphatic rings. The highest BCUT2D eigenvalue weighted by atomic mass is 35.5. The zero-order chi connectivity index (χ0) is 19.5. The van der Waals surface area contributed by atoms with E-state index in [1.165, 1.54) is 0 Å². The second-order valence-corrected chi connectivity index (χ2v) is 9.61. The van der Waals surface area contributed by atoms with Crippen molar-refractivity contribution in [1.29, 1.82) is 0 Å². The van der Waals surface area contributed by atoms with Gasteiger partial charge in [-0.2, -0.15) is 16.8 Å². The molecule has 0 atom stereocenters. The molecule has 0 saturated carbocycles. The zero-order valence-electron chi connectivity index (χ0n) is 16.8. The summed E-state index contributed by atoms with van der Waals surface area (Å²) in [6.07, 6.45) is 0.806. The highest BCUT2D eigenvalue weighted by Crippen LogP contribution is 1.97. The van der Waals surface area contributed by atoms with Crippen LogP contribution in [0.3, 0.4) is 0 Å². The van der Waals surface area contributed by atoms with E-state index in [9.17, 15) is 16.8 Å². The Balaban J connectivity index is -0.000000845. The summed E-state index contributed by atoms with van der Waals surface area (Å²) in [5.41, 5.74) is 0. The number of hydrogen-bond acceptors (Lipinski definition) is 8. The Kier molecular flexibility index (Phi) is 25.9. The highest BCUT2D eigenvalue weighted by molar-refractivity contribution is 7.86. The molecule has 4 N–H and O–H groups in total. The summed E-state index contributed by atoms with van der Waals surface area (Å²) >= 11 is 0. The molecule has 188 valence electrons. The summed E-state index contributed by atoms with van der Waals surface area (Å²) in [4.78, 5) is 4.33. The summed E-state index contributed by atoms with van der Waals surface area (Å²) in [6.45, 7) is 7.46. The summed E-state index contributed by atoms with van der Waals surface area (Å²) < 4.78 is 60.8. The molecule has 0 bridgehead atoms. The molecular formula is C14H36Cl4N4O6S2. The first-order valence-electron chi connectivity index (χ1n) is 8.92. The number of nitrogens with one attached hydrogen (secondary N) is 2. The van der Waals surface area contributed by atoms with Gasteiger partial charge >= 0.3 is 0 Å². The SMILES string of the molecule is Cl.Cl.Cl.Cl.O=S(=O)(O)CCCN1CCNCCN(CCCS(=O)(=O)O)CCNCC1. The lowest BCUT2D eigenvalue weighted by atomic mass is 10.3. The van der Waals surface area contributed by atoms with Crippen LogP contribution in [0.25, 0.3) is 0 Å². The minimum atomic E-state index is -3.90. The van der Waals surface area contributed by atoms with Crippen LogP contribution in [0, 0.1) is 0 Å². The fraction of sp³-hybridized carbons (Fsp3) is 1.00. The first-order chi connectivity index (χ1) is 12.2. The molecule has 1 fully saturated rings. The minimum Gasteiger partial charge on any atom is -0.314 e. The lowest BCUT2D eigenvalue weighted by molar-refractivity contribution is 0.241. The standard InChI is InChI=1S/C14H32N4O6S2.4ClH/c19-25(20,21)13-1-7-17-9-3-15-5-11-18(12-6-16-4-10-17)8-2-14-26(22,23)24;;;;/h15-16H,1-14H2,(H,19,20,21)(H,22,23,24);4*1H. The predicted molar refractivity (Wildman–Crippen MR) is 130 cm³/mol. The summed E-state index contributed by atoms with van der Waals surface area (Å²) in [5, 5.41) is 6.67. The zero-order valence-corrected chi connectivity index (χ0v) is 21.7. The van der Waals surface area contributed by atoms with E-state index in [-0.39, 0.29) is 61.1 Å². The minimum absolute atomic E-state index is 0. The van der Waals surface area contributed by atoms with Crippen molar-refractivity contribution in [3.63, 3.8) is 0 Å². The van der Waals surface area contributed by atoms with Gasteiger partial charge in [-0.1, -0.05) is 0 Å². The van der Waals surface area contributed by atoms with E-state index in [0.29, 0.717) is 25.9 Å². The van der Waals surface area contributed by atoms with Crippen LogP contribution in [0.15, 0.2) is 0 Å². The maximum absolute atomic E-state index is 10.8. The Hall–Kier alpha value is 0.820. The summed E-state index contributed by atoms with van der Waals surface area (Å²) in [6, 6.07) is 0. The fourth-order valence-corrected chi connectivity index (χ4v) is 3.80. The van der Waals surface area contributed by atoms with Crippen molar-refractivity contribution in [3.05, 3.63) is 0 Å². The number of rotatable bonds is 8. The van der Waals surface area contributed by atoms with E-state index < -0.39 is 20.2 Å². The topological polar surface area (TPSA) is 139 Å². The van der Waals surface area contributed by atoms with E-state index in [4.69, 9.17) is 9.11 Å². The van der Waals surface area contributed by atoms with E-state index in [0.717, 1.165) is 52.4 Å². The van der Waals surface area contributed by atoms with E-state index in [1.54, 1.807) is 0 Å². The normalized spacial score (nSPS) is 17.7. The fourth-order valence-electron chi connectivity index (χ4n) is 2.81. The van der Waals surface area contributed by atoms with Crippen LogP contribution in [-0.4, -0.2) is 113 Å². The maximum Gasteiger partial charge on any atom is 0.264 e. The van der Waals surface area contributed by atoms with Crippen molar-refractivity contribution < 1.29 is 25.9 Å². The molecular weight excluding hydrogens is 526 g/mol. The van der Waals surface area contributed by atoms with Gasteiger partial charge in [0.2, 0.25) is 0 Å². The van der Waals surface area contributed by atoms with Gasteiger partial charge in [-0.3, -0.25) is 9.11 Å². The van der Waals surface area contributed by atoms with Crippen molar-refractivity contribution in [2.45, 2.75) is 12.8 Å². The van der Waals surface area contributed by atoms with Gasteiger partial charge in [0.05, 0.1) is 11.5 Å². The van der Waals surface area contributed by atoms with Crippen LogP contribution in [0.5, 0.6) is 0 Å². The van der Waals surface area contributed by atoms with Crippen molar-refractivity contribution in [3.8, 4) is 0 Å². The molecule has 0 aliphatic carbocycles. The molecule has 0 spiro atoms. The molecule has 1 saturated heterocycles. The molecule has 0 aromatic rings. The van der Waals surface area contributed by atoms with E-state index in [2.05, 4.69) is 20.4 Å². The van der Waals surface area contributed by atoms with Crippen LogP contribution in [0.2, 0.25) is 0 Å². The third-order valence-corrected chi connectivity index (χ3v) is 5.78. The molecule has 0 unspecified atom stereocenters. The van der Waals surface area contributed by atoms with Gasteiger partial charge in [0, 0.05) is 52.4 Å². The second-order valence-electron chi connectivity index (χ2n) is 6.46. The Morgan fingerprint density at radius 3 is 1.10 bits per heavy atom. The molecule has 1 heterocycles. The largest absolute Gasteiger partial charge is 0.314 e. The third-order valence-electron chi connectivity index (χ3n) is 4.17. The number of hydrogen-bond donors (Lipinski definition) is 4. The first kappa shape index (κ1) is 38.1. The van der Waals surface area contributed by atoms with E-state index in [1.807, 2.05) is 0 Å². The van der Waals surface area contributed by atoms with Crippen molar-refractivity contribution in [2.75, 3.05) is 77.0 Å². The van der Waals surface area contributed by atoms with Gasteiger partial charge in [0.25, 0.3) is 20.2 Å². The summed E-state index contributed by atoms with van der Waals surface area (Å²) in [5.74, 6) is -0.439. The Morgan fingerprint density at radius 1 is 0.600 bits per heavy atom. The smallest absolute Gasteiger partial charge is 0.264 e. The lowest BCUT2D eigenvalue weighted by Gasteiger charge is -2.26. The number of nitrogens with zero attached hydrogens (tertiary/aromatic N) is 2. The van der Waals surface area contributed by atoms with Gasteiger partial charge in [-0.05, 0) is 25.9 Å². The predicted octanol–water partition coefficient (Wildman–Crippen LogP) is 0.0262. The van der Waals surface area contributed by atoms with Crippen LogP contribution in [0.4, 0.5) is 0 Å². The number of halogens is 4.